The number of halogens is 2. The average Bonchev–Trinajstić information content (AvgIpc) is 3.32. The van der Waals surface area contributed by atoms with Gasteiger partial charge in [0.15, 0.2) is 11.6 Å². The van der Waals surface area contributed by atoms with E-state index in [9.17, 15) is 18.8 Å². The Labute approximate surface area is 209 Å². The molecule has 0 bridgehead atoms. The quantitative estimate of drug-likeness (QED) is 0.475. The number of hydrogen-bond donors (Lipinski definition) is 1. The molecule has 1 amide bonds. The minimum atomic E-state index is -1.33. The molecule has 1 N–H and O–H groups in total. The molecular weight excluding hydrogens is 511 g/mol. The number of nitrogens with zero attached hydrogens (tertiary/aromatic N) is 1. The first-order chi connectivity index (χ1) is 16.8. The molecule has 7 heteroatoms. The number of Topliss-reactive ketones (excluding diaryl/α,β-unsaturated/α-hetero) is 2. The van der Waals surface area contributed by atoms with E-state index in [4.69, 9.17) is 0 Å². The largest absolute Gasteiger partial charge is 0.352 e. The number of hydrogen-bond acceptors (Lipinski definition) is 4. The summed E-state index contributed by atoms with van der Waals surface area (Å²) in [6.45, 7) is 1.45. The van der Waals surface area contributed by atoms with E-state index in [2.05, 4.69) is 21.2 Å². The van der Waals surface area contributed by atoms with Crippen molar-refractivity contribution in [3.05, 3.63) is 99.8 Å². The van der Waals surface area contributed by atoms with Crippen molar-refractivity contribution in [2.24, 2.45) is 5.92 Å². The zero-order chi connectivity index (χ0) is 24.5. The number of fused-ring (bicyclic) bond motifs is 6. The van der Waals surface area contributed by atoms with Crippen LogP contribution in [0.1, 0.15) is 28.4 Å². The smallest absolute Gasteiger partial charge is 0.238 e. The van der Waals surface area contributed by atoms with Gasteiger partial charge in [-0.1, -0.05) is 58.4 Å². The SMILES string of the molecule is CC(=O)[C@@H]1[C@@H](C(=O)c2ccc(Br)cc2)[C@]2(C(=O)Nc3ccccc32)[C@H]2C=Cc3cc(F)ccc3N12. The summed E-state index contributed by atoms with van der Waals surface area (Å²) in [6.07, 6.45) is 3.60. The monoisotopic (exact) mass is 530 g/mol. The van der Waals surface area contributed by atoms with Crippen molar-refractivity contribution in [3.8, 4) is 0 Å². The van der Waals surface area contributed by atoms with E-state index in [1.165, 1.54) is 19.1 Å². The fourth-order valence-electron chi connectivity index (χ4n) is 6.10. The summed E-state index contributed by atoms with van der Waals surface area (Å²) in [5.74, 6) is -2.22. The molecule has 35 heavy (non-hydrogen) atoms. The van der Waals surface area contributed by atoms with Crippen LogP contribution in [0.4, 0.5) is 15.8 Å². The van der Waals surface area contributed by atoms with Gasteiger partial charge in [0.05, 0.1) is 18.0 Å². The number of anilines is 2. The van der Waals surface area contributed by atoms with Gasteiger partial charge in [-0.05, 0) is 48.9 Å². The molecule has 6 rings (SSSR count). The highest BCUT2D eigenvalue weighted by molar-refractivity contribution is 9.10. The zero-order valence-corrected chi connectivity index (χ0v) is 20.3. The summed E-state index contributed by atoms with van der Waals surface area (Å²) in [4.78, 5) is 43.3. The van der Waals surface area contributed by atoms with Crippen LogP contribution in [-0.4, -0.2) is 29.6 Å². The van der Waals surface area contributed by atoms with Gasteiger partial charge in [0.25, 0.3) is 0 Å². The zero-order valence-electron chi connectivity index (χ0n) is 18.7. The fourth-order valence-corrected chi connectivity index (χ4v) is 6.36. The van der Waals surface area contributed by atoms with E-state index in [-0.39, 0.29) is 17.5 Å². The molecule has 4 atom stereocenters. The van der Waals surface area contributed by atoms with Crippen LogP contribution in [-0.2, 0) is 15.0 Å². The number of carbonyl (C=O) groups excluding carboxylic acids is 3. The molecule has 1 fully saturated rings. The molecule has 0 aromatic heterocycles. The van der Waals surface area contributed by atoms with Crippen molar-refractivity contribution in [1.82, 2.24) is 0 Å². The molecule has 3 heterocycles. The van der Waals surface area contributed by atoms with Crippen LogP contribution < -0.4 is 10.2 Å². The van der Waals surface area contributed by atoms with Crippen molar-refractivity contribution in [2.45, 2.75) is 24.4 Å². The molecule has 3 aliphatic rings. The molecule has 3 aromatic carbocycles. The normalized spacial score (nSPS) is 25.7. The second-order valence-corrected chi connectivity index (χ2v) is 10.1. The van der Waals surface area contributed by atoms with Crippen LogP contribution in [0.5, 0.6) is 0 Å². The first-order valence-electron chi connectivity index (χ1n) is 11.3. The Kier molecular flexibility index (Phi) is 4.83. The molecule has 3 aromatic rings. The number of benzene rings is 3. The first kappa shape index (κ1) is 21.9. The fraction of sp³-hybridized carbons (Fsp3) is 0.179. The summed E-state index contributed by atoms with van der Waals surface area (Å²) in [5.41, 5.74) is 1.64. The minimum absolute atomic E-state index is 0.231. The lowest BCUT2D eigenvalue weighted by molar-refractivity contribution is -0.122. The standard InChI is InChI=1S/C28H20BrFN2O3/c1-15(33)25-24(26(34)16-6-9-18(29)10-7-16)28(20-4-2-3-5-21(20)31-27(28)35)23-13-8-17-14-19(30)11-12-22(17)32(23)25/h2-14,23-25H,1H3,(H,31,35)/t23-,24+,25-,28-/m1/s1. The van der Waals surface area contributed by atoms with Gasteiger partial charge < -0.3 is 10.2 Å². The Morgan fingerprint density at radius 2 is 1.80 bits per heavy atom. The molecular formula is C28H20BrFN2O3. The third-order valence-corrected chi connectivity index (χ3v) is 7.95. The van der Waals surface area contributed by atoms with Gasteiger partial charge >= 0.3 is 0 Å². The van der Waals surface area contributed by atoms with Crippen molar-refractivity contribution in [3.63, 3.8) is 0 Å². The van der Waals surface area contributed by atoms with Crippen LogP contribution in [0, 0.1) is 11.7 Å². The topological polar surface area (TPSA) is 66.5 Å². The maximum atomic E-state index is 14.2. The van der Waals surface area contributed by atoms with Crippen LogP contribution in [0.2, 0.25) is 0 Å². The number of rotatable bonds is 3. The van der Waals surface area contributed by atoms with Gasteiger partial charge in [-0.2, -0.15) is 0 Å². The number of para-hydroxylation sites is 1. The molecule has 0 unspecified atom stereocenters. The molecule has 5 nitrogen and oxygen atoms in total. The van der Waals surface area contributed by atoms with Gasteiger partial charge in [-0.3, -0.25) is 14.4 Å². The number of amides is 1. The van der Waals surface area contributed by atoms with Gasteiger partial charge in [0.2, 0.25) is 5.91 Å². The molecule has 1 saturated heterocycles. The maximum Gasteiger partial charge on any atom is 0.238 e. The average molecular weight is 531 g/mol. The first-order valence-corrected chi connectivity index (χ1v) is 12.1. The van der Waals surface area contributed by atoms with Crippen LogP contribution in [0.3, 0.4) is 0 Å². The predicted octanol–water partition coefficient (Wildman–Crippen LogP) is 5.15. The number of carbonyl (C=O) groups is 3. The summed E-state index contributed by atoms with van der Waals surface area (Å²) in [5, 5.41) is 2.97. The highest BCUT2D eigenvalue weighted by Gasteiger charge is 2.69. The van der Waals surface area contributed by atoms with E-state index in [0.717, 1.165) is 4.47 Å². The van der Waals surface area contributed by atoms with Crippen molar-refractivity contribution in [1.29, 1.82) is 0 Å². The molecule has 1 spiro atoms. The predicted molar refractivity (Wildman–Crippen MR) is 135 cm³/mol. The van der Waals surface area contributed by atoms with Gasteiger partial charge in [-0.15, -0.1) is 0 Å². The lowest BCUT2D eigenvalue weighted by Gasteiger charge is -2.37. The third kappa shape index (κ3) is 2.94. The van der Waals surface area contributed by atoms with E-state index in [1.54, 1.807) is 36.4 Å². The Bertz CT molecular complexity index is 1450. The van der Waals surface area contributed by atoms with Crippen LogP contribution in [0.15, 0.2) is 77.3 Å². The summed E-state index contributed by atoms with van der Waals surface area (Å²) in [7, 11) is 0. The summed E-state index contributed by atoms with van der Waals surface area (Å²) >= 11 is 3.40. The van der Waals surface area contributed by atoms with Gasteiger partial charge in [0, 0.05) is 27.0 Å². The Balaban J connectivity index is 1.65. The lowest BCUT2D eigenvalue weighted by atomic mass is 9.64. The van der Waals surface area contributed by atoms with Crippen LogP contribution >= 0.6 is 15.9 Å². The highest BCUT2D eigenvalue weighted by atomic mass is 79.9. The van der Waals surface area contributed by atoms with Gasteiger partial charge in [0.1, 0.15) is 11.2 Å². The second kappa shape index (κ2) is 7.71. The molecule has 0 aliphatic carbocycles. The molecule has 3 aliphatic heterocycles. The third-order valence-electron chi connectivity index (χ3n) is 7.42. The second-order valence-electron chi connectivity index (χ2n) is 9.19. The molecule has 0 saturated carbocycles. The minimum Gasteiger partial charge on any atom is -0.352 e. The van der Waals surface area contributed by atoms with Crippen LogP contribution in [0.25, 0.3) is 6.08 Å². The number of nitrogens with one attached hydrogen (secondary N) is 1. The van der Waals surface area contributed by atoms with E-state index in [0.29, 0.717) is 28.1 Å². The van der Waals surface area contributed by atoms with E-state index >= 15 is 0 Å². The Hall–Kier alpha value is -3.58. The summed E-state index contributed by atoms with van der Waals surface area (Å²) in [6, 6.07) is 17.1. The van der Waals surface area contributed by atoms with Crippen molar-refractivity contribution >= 4 is 50.9 Å². The van der Waals surface area contributed by atoms with Crippen molar-refractivity contribution in [2.75, 3.05) is 10.2 Å². The van der Waals surface area contributed by atoms with Crippen molar-refractivity contribution < 1.29 is 18.8 Å². The maximum absolute atomic E-state index is 14.2. The Morgan fingerprint density at radius 3 is 2.54 bits per heavy atom. The molecule has 174 valence electrons. The lowest BCUT2D eigenvalue weighted by Crippen LogP contribution is -2.51. The van der Waals surface area contributed by atoms with Gasteiger partial charge in [-0.25, -0.2) is 4.39 Å². The van der Waals surface area contributed by atoms with E-state index in [1.807, 2.05) is 35.2 Å². The summed E-state index contributed by atoms with van der Waals surface area (Å²) < 4.78 is 14.9. The van der Waals surface area contributed by atoms with E-state index < -0.39 is 29.2 Å². The highest BCUT2D eigenvalue weighted by Crippen LogP contribution is 2.57. The number of ketones is 2. The Morgan fingerprint density at radius 1 is 1.06 bits per heavy atom. The molecule has 0 radical (unpaired) electrons.